The minimum Gasteiger partial charge on any atom is -0.480 e. The summed E-state index contributed by atoms with van der Waals surface area (Å²) < 4.78 is 0.626. The van der Waals surface area contributed by atoms with Gasteiger partial charge in [0.1, 0.15) is 11.2 Å². The smallest absolute Gasteiger partial charge is 0.326 e. The van der Waals surface area contributed by atoms with Crippen LogP contribution in [0.3, 0.4) is 0 Å². The standard InChI is InChI=1S/C11H10BrClN2O3/c12-6-4-7(9(13)14-5-6)10(16)15-3-1-2-8(15)11(17)18/h4-5,8H,1-3H2,(H,17,18)/t8-/m1/s1. The molecule has 18 heavy (non-hydrogen) atoms. The van der Waals surface area contributed by atoms with Crippen molar-refractivity contribution in [2.75, 3.05) is 6.54 Å². The van der Waals surface area contributed by atoms with E-state index in [-0.39, 0.29) is 10.7 Å². The number of hydrogen-bond acceptors (Lipinski definition) is 3. The molecule has 1 fully saturated rings. The predicted molar refractivity (Wildman–Crippen MR) is 68.6 cm³/mol. The van der Waals surface area contributed by atoms with Crippen molar-refractivity contribution in [1.29, 1.82) is 0 Å². The second kappa shape index (κ2) is 5.24. The molecule has 7 heteroatoms. The Balaban J connectivity index is 2.31. The van der Waals surface area contributed by atoms with Crippen LogP contribution in [0.25, 0.3) is 0 Å². The maximum atomic E-state index is 12.3. The minimum absolute atomic E-state index is 0.0826. The van der Waals surface area contributed by atoms with Gasteiger partial charge in [0.05, 0.1) is 5.56 Å². The van der Waals surface area contributed by atoms with Crippen LogP contribution in [0, 0.1) is 0 Å². The molecule has 5 nitrogen and oxygen atoms in total. The highest BCUT2D eigenvalue weighted by atomic mass is 79.9. The van der Waals surface area contributed by atoms with Crippen molar-refractivity contribution in [1.82, 2.24) is 9.88 Å². The Hall–Kier alpha value is -1.14. The maximum absolute atomic E-state index is 12.3. The molecule has 0 unspecified atom stereocenters. The van der Waals surface area contributed by atoms with Gasteiger partial charge in [0.25, 0.3) is 5.91 Å². The molecule has 0 aliphatic carbocycles. The van der Waals surface area contributed by atoms with Gasteiger partial charge in [-0.05, 0) is 34.8 Å². The molecule has 1 aromatic rings. The molecule has 1 N–H and O–H groups in total. The average Bonchev–Trinajstić information content (AvgIpc) is 2.80. The van der Waals surface area contributed by atoms with Crippen molar-refractivity contribution in [2.24, 2.45) is 0 Å². The Kier molecular flexibility index (Phi) is 3.87. The molecule has 0 spiro atoms. The summed E-state index contributed by atoms with van der Waals surface area (Å²) in [5.74, 6) is -1.38. The van der Waals surface area contributed by atoms with E-state index in [1.165, 1.54) is 11.1 Å². The molecule has 0 aromatic carbocycles. The molecular formula is C11H10BrClN2O3. The number of aromatic nitrogens is 1. The van der Waals surface area contributed by atoms with Crippen LogP contribution < -0.4 is 0 Å². The molecule has 2 heterocycles. The molecule has 1 saturated heterocycles. The largest absolute Gasteiger partial charge is 0.480 e. The van der Waals surface area contributed by atoms with Gasteiger partial charge < -0.3 is 10.0 Å². The summed E-state index contributed by atoms with van der Waals surface area (Å²) in [6.07, 6.45) is 2.64. The molecule has 1 atom stereocenters. The van der Waals surface area contributed by atoms with E-state index in [0.29, 0.717) is 23.9 Å². The van der Waals surface area contributed by atoms with Crippen LogP contribution in [0.1, 0.15) is 23.2 Å². The van der Waals surface area contributed by atoms with Crippen molar-refractivity contribution >= 4 is 39.4 Å². The lowest BCUT2D eigenvalue weighted by Crippen LogP contribution is -2.40. The van der Waals surface area contributed by atoms with Gasteiger partial charge in [-0.2, -0.15) is 0 Å². The lowest BCUT2D eigenvalue weighted by atomic mass is 10.2. The fourth-order valence-corrected chi connectivity index (χ4v) is 2.51. The van der Waals surface area contributed by atoms with E-state index in [1.54, 1.807) is 6.07 Å². The van der Waals surface area contributed by atoms with Crippen LogP contribution >= 0.6 is 27.5 Å². The zero-order valence-electron chi connectivity index (χ0n) is 9.27. The van der Waals surface area contributed by atoms with E-state index in [2.05, 4.69) is 20.9 Å². The number of aliphatic carboxylic acids is 1. The Bertz CT molecular complexity index is 509. The fraction of sp³-hybridized carbons (Fsp3) is 0.364. The summed E-state index contributed by atoms with van der Waals surface area (Å²) in [6, 6.07) is 0.780. The van der Waals surface area contributed by atoms with Crippen LogP contribution in [-0.4, -0.2) is 39.5 Å². The van der Waals surface area contributed by atoms with Gasteiger partial charge in [-0.15, -0.1) is 0 Å². The number of carbonyl (C=O) groups excluding carboxylic acids is 1. The van der Waals surface area contributed by atoms with E-state index in [0.717, 1.165) is 0 Å². The first-order chi connectivity index (χ1) is 8.50. The van der Waals surface area contributed by atoms with E-state index in [9.17, 15) is 9.59 Å². The van der Waals surface area contributed by atoms with Crippen molar-refractivity contribution in [3.05, 3.63) is 27.5 Å². The van der Waals surface area contributed by atoms with E-state index in [1.807, 2.05) is 0 Å². The predicted octanol–water partition coefficient (Wildman–Crippen LogP) is 2.19. The van der Waals surface area contributed by atoms with Gasteiger partial charge in [-0.3, -0.25) is 4.79 Å². The third-order valence-electron chi connectivity index (χ3n) is 2.83. The summed E-state index contributed by atoms with van der Waals surface area (Å²) in [7, 11) is 0. The highest BCUT2D eigenvalue weighted by molar-refractivity contribution is 9.10. The van der Waals surface area contributed by atoms with E-state index >= 15 is 0 Å². The number of amides is 1. The number of carboxylic acids is 1. The number of carbonyl (C=O) groups is 2. The molecule has 0 bridgehead atoms. The molecule has 1 aliphatic heterocycles. The fourth-order valence-electron chi connectivity index (χ4n) is 1.99. The summed E-state index contributed by atoms with van der Waals surface area (Å²) in [4.78, 5) is 28.5. The third kappa shape index (κ3) is 2.49. The van der Waals surface area contributed by atoms with Crippen molar-refractivity contribution in [3.8, 4) is 0 Å². The van der Waals surface area contributed by atoms with Gasteiger partial charge >= 0.3 is 5.97 Å². The normalized spacial score (nSPS) is 19.0. The van der Waals surface area contributed by atoms with E-state index in [4.69, 9.17) is 16.7 Å². The van der Waals surface area contributed by atoms with Crippen LogP contribution in [0.5, 0.6) is 0 Å². The first kappa shape index (κ1) is 13.3. The van der Waals surface area contributed by atoms with Gasteiger partial charge in [-0.1, -0.05) is 11.6 Å². The van der Waals surface area contributed by atoms with Crippen molar-refractivity contribution < 1.29 is 14.7 Å². The lowest BCUT2D eigenvalue weighted by Gasteiger charge is -2.21. The summed E-state index contributed by atoms with van der Waals surface area (Å²) in [6.45, 7) is 0.429. The zero-order valence-corrected chi connectivity index (χ0v) is 11.6. The zero-order chi connectivity index (χ0) is 13.3. The Labute approximate surface area is 117 Å². The molecule has 1 aromatic heterocycles. The number of halogens is 2. The first-order valence-corrected chi connectivity index (χ1v) is 6.52. The van der Waals surface area contributed by atoms with Gasteiger partial charge in [0.15, 0.2) is 0 Å². The number of likely N-dealkylation sites (tertiary alicyclic amines) is 1. The average molecular weight is 334 g/mol. The molecule has 1 aliphatic rings. The summed E-state index contributed by atoms with van der Waals surface area (Å²) in [5.41, 5.74) is 0.221. The minimum atomic E-state index is -0.986. The second-order valence-corrected chi connectivity index (χ2v) is 5.26. The number of hydrogen-bond donors (Lipinski definition) is 1. The SMILES string of the molecule is O=C(O)[C@H]1CCCN1C(=O)c1cc(Br)cnc1Cl. The Morgan fingerprint density at radius 3 is 2.94 bits per heavy atom. The Morgan fingerprint density at radius 2 is 2.28 bits per heavy atom. The summed E-state index contributed by atoms with van der Waals surface area (Å²) in [5, 5.41) is 9.13. The van der Waals surface area contributed by atoms with Gasteiger partial charge in [0, 0.05) is 17.2 Å². The van der Waals surface area contributed by atoms with Crippen molar-refractivity contribution in [2.45, 2.75) is 18.9 Å². The number of carboxylic acid groups (broad SMARTS) is 1. The second-order valence-electron chi connectivity index (χ2n) is 3.99. The molecule has 0 saturated carbocycles. The van der Waals surface area contributed by atoms with Gasteiger partial charge in [0.2, 0.25) is 0 Å². The molecule has 96 valence electrons. The number of pyridine rings is 1. The van der Waals surface area contributed by atoms with Crippen molar-refractivity contribution in [3.63, 3.8) is 0 Å². The highest BCUT2D eigenvalue weighted by Crippen LogP contribution is 2.24. The molecular weight excluding hydrogens is 323 g/mol. The van der Waals surface area contributed by atoms with E-state index < -0.39 is 17.9 Å². The van der Waals surface area contributed by atoms with Crippen LogP contribution in [0.4, 0.5) is 0 Å². The monoisotopic (exact) mass is 332 g/mol. The van der Waals surface area contributed by atoms with Gasteiger partial charge in [-0.25, -0.2) is 9.78 Å². The summed E-state index contributed by atoms with van der Waals surface area (Å²) >= 11 is 9.08. The number of nitrogens with zero attached hydrogens (tertiary/aromatic N) is 2. The van der Waals surface area contributed by atoms with Crippen LogP contribution in [-0.2, 0) is 4.79 Å². The number of rotatable bonds is 2. The Morgan fingerprint density at radius 1 is 1.56 bits per heavy atom. The van der Waals surface area contributed by atoms with Crippen LogP contribution in [0.15, 0.2) is 16.7 Å². The van der Waals surface area contributed by atoms with Crippen LogP contribution in [0.2, 0.25) is 5.15 Å². The molecule has 2 rings (SSSR count). The highest BCUT2D eigenvalue weighted by Gasteiger charge is 2.35. The third-order valence-corrected chi connectivity index (χ3v) is 3.57. The maximum Gasteiger partial charge on any atom is 0.326 e. The topological polar surface area (TPSA) is 70.5 Å². The molecule has 0 radical (unpaired) electrons. The lowest BCUT2D eigenvalue weighted by molar-refractivity contribution is -0.141. The quantitative estimate of drug-likeness (QED) is 0.842. The molecule has 1 amide bonds. The first-order valence-electron chi connectivity index (χ1n) is 5.35.